The number of ether oxygens (including phenoxy) is 1. The highest BCUT2D eigenvalue weighted by Gasteiger charge is 1.99. The maximum Gasteiger partial charge on any atom is 0.222 e. The average Bonchev–Trinajstić information content (AvgIpc) is 2.04. The zero-order valence-electron chi connectivity index (χ0n) is 7.84. The highest BCUT2D eigenvalue weighted by Crippen LogP contribution is 1.83. The summed E-state index contributed by atoms with van der Waals surface area (Å²) in [5, 5.41) is 2.69. The Bertz CT molecular complexity index is 174. The second-order valence-electron chi connectivity index (χ2n) is 2.51. The van der Waals surface area contributed by atoms with E-state index in [-0.39, 0.29) is 5.91 Å². The summed E-state index contributed by atoms with van der Waals surface area (Å²) in [4.78, 5) is 11.4. The first-order valence-corrected chi connectivity index (χ1v) is 4.70. The summed E-state index contributed by atoms with van der Waals surface area (Å²) in [5.74, 6) is -0.0234. The molecule has 3 N–H and O–H groups in total. The normalized spacial score (nSPS) is 9.62. The minimum Gasteiger partial charge on any atom is -0.393 e. The van der Waals surface area contributed by atoms with Gasteiger partial charge >= 0.3 is 0 Å². The van der Waals surface area contributed by atoms with Gasteiger partial charge in [-0.15, -0.1) is 0 Å². The van der Waals surface area contributed by atoms with Gasteiger partial charge in [0, 0.05) is 26.0 Å². The number of carbonyl (C=O) groups excluding carboxylic acids is 1. The molecule has 4 nitrogen and oxygen atoms in total. The highest BCUT2D eigenvalue weighted by molar-refractivity contribution is 7.80. The van der Waals surface area contributed by atoms with Crippen LogP contribution in [-0.2, 0) is 9.53 Å². The van der Waals surface area contributed by atoms with Crippen molar-refractivity contribution >= 4 is 23.1 Å². The van der Waals surface area contributed by atoms with Crippen LogP contribution in [0.15, 0.2) is 0 Å². The molecule has 0 aliphatic carbocycles. The summed E-state index contributed by atoms with van der Waals surface area (Å²) in [5.41, 5.74) is 5.26. The van der Waals surface area contributed by atoms with Gasteiger partial charge in [0.15, 0.2) is 0 Å². The number of hydrogen-bond acceptors (Lipinski definition) is 3. The molecule has 0 saturated carbocycles. The van der Waals surface area contributed by atoms with Gasteiger partial charge in [0.1, 0.15) is 0 Å². The van der Waals surface area contributed by atoms with Gasteiger partial charge in [-0.1, -0.05) is 12.2 Å². The van der Waals surface area contributed by atoms with Crippen molar-refractivity contribution in [3.63, 3.8) is 0 Å². The Hall–Kier alpha value is -0.680. The third-order valence-corrected chi connectivity index (χ3v) is 1.58. The van der Waals surface area contributed by atoms with Crippen LogP contribution in [0.2, 0.25) is 0 Å². The van der Waals surface area contributed by atoms with Crippen LogP contribution in [0.4, 0.5) is 0 Å². The Morgan fingerprint density at radius 1 is 1.54 bits per heavy atom. The molecule has 0 aromatic rings. The Morgan fingerprint density at radius 3 is 2.77 bits per heavy atom. The van der Waals surface area contributed by atoms with Crippen LogP contribution in [0, 0.1) is 0 Å². The van der Waals surface area contributed by atoms with Crippen molar-refractivity contribution in [2.75, 3.05) is 19.8 Å². The topological polar surface area (TPSA) is 64.3 Å². The smallest absolute Gasteiger partial charge is 0.222 e. The molecule has 13 heavy (non-hydrogen) atoms. The van der Waals surface area contributed by atoms with E-state index in [1.807, 2.05) is 6.92 Å². The van der Waals surface area contributed by atoms with Gasteiger partial charge in [0.05, 0.1) is 11.6 Å². The summed E-state index contributed by atoms with van der Waals surface area (Å²) >= 11 is 4.66. The number of nitrogens with one attached hydrogen (secondary N) is 1. The lowest BCUT2D eigenvalue weighted by atomic mass is 10.4. The van der Waals surface area contributed by atoms with E-state index in [1.165, 1.54) is 0 Å². The summed E-state index contributed by atoms with van der Waals surface area (Å²) in [6, 6.07) is 0. The SMILES string of the molecule is CCOCCC(=O)NCCC(N)=S. The molecule has 0 radical (unpaired) electrons. The zero-order valence-corrected chi connectivity index (χ0v) is 8.65. The largest absolute Gasteiger partial charge is 0.393 e. The van der Waals surface area contributed by atoms with E-state index in [4.69, 9.17) is 10.5 Å². The number of hydrogen-bond donors (Lipinski definition) is 2. The van der Waals surface area contributed by atoms with Crippen LogP contribution < -0.4 is 11.1 Å². The van der Waals surface area contributed by atoms with Crippen LogP contribution in [0.1, 0.15) is 19.8 Å². The fraction of sp³-hybridized carbons (Fsp3) is 0.750. The maximum absolute atomic E-state index is 11.0. The van der Waals surface area contributed by atoms with Crippen molar-refractivity contribution in [1.82, 2.24) is 5.32 Å². The third kappa shape index (κ3) is 9.23. The summed E-state index contributed by atoms with van der Waals surface area (Å²) in [7, 11) is 0. The van der Waals surface area contributed by atoms with E-state index in [1.54, 1.807) is 0 Å². The fourth-order valence-corrected chi connectivity index (χ4v) is 0.825. The first-order chi connectivity index (χ1) is 6.16. The van der Waals surface area contributed by atoms with Crippen LogP contribution in [-0.4, -0.2) is 30.7 Å². The second-order valence-corrected chi connectivity index (χ2v) is 3.04. The molecule has 5 heteroatoms. The predicted molar refractivity (Wildman–Crippen MR) is 55.5 cm³/mol. The summed E-state index contributed by atoms with van der Waals surface area (Å²) < 4.78 is 5.02. The first-order valence-electron chi connectivity index (χ1n) is 4.29. The van der Waals surface area contributed by atoms with Crippen molar-refractivity contribution in [2.45, 2.75) is 19.8 Å². The Kier molecular flexibility index (Phi) is 7.53. The van der Waals surface area contributed by atoms with Gasteiger partial charge in [0.25, 0.3) is 0 Å². The summed E-state index contributed by atoms with van der Waals surface area (Å²) in [6.45, 7) is 3.51. The first kappa shape index (κ1) is 12.3. The van der Waals surface area contributed by atoms with Gasteiger partial charge in [-0.05, 0) is 6.92 Å². The number of nitrogens with two attached hydrogens (primary N) is 1. The molecule has 76 valence electrons. The molecule has 0 aliphatic heterocycles. The minimum atomic E-state index is -0.0234. The van der Waals surface area contributed by atoms with Crippen LogP contribution >= 0.6 is 12.2 Å². The van der Waals surface area contributed by atoms with Gasteiger partial charge < -0.3 is 15.8 Å². The molecule has 0 fully saturated rings. The number of thiocarbonyl (C=S) groups is 1. The lowest BCUT2D eigenvalue weighted by molar-refractivity contribution is -0.122. The van der Waals surface area contributed by atoms with E-state index in [0.717, 1.165) is 0 Å². The molecule has 0 aromatic carbocycles. The second kappa shape index (κ2) is 7.94. The van der Waals surface area contributed by atoms with Crippen molar-refractivity contribution in [3.05, 3.63) is 0 Å². The maximum atomic E-state index is 11.0. The molecule has 0 saturated heterocycles. The van der Waals surface area contributed by atoms with Gasteiger partial charge in [-0.25, -0.2) is 0 Å². The van der Waals surface area contributed by atoms with Crippen molar-refractivity contribution in [2.24, 2.45) is 5.73 Å². The molecule has 0 rings (SSSR count). The number of carbonyl (C=O) groups is 1. The lowest BCUT2D eigenvalue weighted by Gasteiger charge is -2.03. The van der Waals surface area contributed by atoms with E-state index in [0.29, 0.717) is 37.6 Å². The molecule has 0 atom stereocenters. The van der Waals surface area contributed by atoms with E-state index >= 15 is 0 Å². The van der Waals surface area contributed by atoms with Crippen molar-refractivity contribution in [1.29, 1.82) is 0 Å². The van der Waals surface area contributed by atoms with Crippen molar-refractivity contribution < 1.29 is 9.53 Å². The molecule has 0 spiro atoms. The molecule has 0 bridgehead atoms. The molecular formula is C8H16N2O2S. The summed E-state index contributed by atoms with van der Waals surface area (Å²) in [6.07, 6.45) is 0.945. The van der Waals surface area contributed by atoms with Gasteiger partial charge in [-0.3, -0.25) is 4.79 Å². The van der Waals surface area contributed by atoms with E-state index in [2.05, 4.69) is 17.5 Å². The quantitative estimate of drug-likeness (QED) is 0.459. The number of rotatable bonds is 7. The van der Waals surface area contributed by atoms with Crippen molar-refractivity contribution in [3.8, 4) is 0 Å². The van der Waals surface area contributed by atoms with Crippen LogP contribution in [0.3, 0.4) is 0 Å². The fourth-order valence-electron chi connectivity index (χ4n) is 0.723. The Morgan fingerprint density at radius 2 is 2.23 bits per heavy atom. The predicted octanol–water partition coefficient (Wildman–Crippen LogP) is 0.205. The molecule has 0 heterocycles. The van der Waals surface area contributed by atoms with Crippen LogP contribution in [0.5, 0.6) is 0 Å². The molecule has 0 aliphatic rings. The lowest BCUT2D eigenvalue weighted by Crippen LogP contribution is -2.28. The Balaban J connectivity index is 3.25. The zero-order chi connectivity index (χ0) is 10.1. The minimum absolute atomic E-state index is 0.0234. The average molecular weight is 204 g/mol. The van der Waals surface area contributed by atoms with E-state index in [9.17, 15) is 4.79 Å². The molecule has 0 unspecified atom stereocenters. The molecule has 0 aromatic heterocycles. The third-order valence-electron chi connectivity index (χ3n) is 1.37. The molecular weight excluding hydrogens is 188 g/mol. The van der Waals surface area contributed by atoms with E-state index < -0.39 is 0 Å². The Labute approximate surface area is 83.8 Å². The van der Waals surface area contributed by atoms with Crippen LogP contribution in [0.25, 0.3) is 0 Å². The standard InChI is InChI=1S/C8H16N2O2S/c1-2-12-6-4-8(11)10-5-3-7(9)13/h2-6H2,1H3,(H2,9,13)(H,10,11). The highest BCUT2D eigenvalue weighted by atomic mass is 32.1. The number of amides is 1. The van der Waals surface area contributed by atoms with Gasteiger partial charge in [-0.2, -0.15) is 0 Å². The van der Waals surface area contributed by atoms with Gasteiger partial charge in [0.2, 0.25) is 5.91 Å². The monoisotopic (exact) mass is 204 g/mol. The molecule has 1 amide bonds.